The zero-order valence-electron chi connectivity index (χ0n) is 8.82. The number of hydrogen-bond acceptors (Lipinski definition) is 4. The Morgan fingerprint density at radius 3 is 2.93 bits per heavy atom. The van der Waals surface area contributed by atoms with Gasteiger partial charge >= 0.3 is 0 Å². The minimum atomic E-state index is -0.972. The van der Waals surface area contributed by atoms with Crippen molar-refractivity contribution < 1.29 is 14.0 Å². The van der Waals surface area contributed by atoms with Crippen LogP contribution in [0.4, 0.5) is 0 Å². The maximum atomic E-state index is 11.9. The normalized spacial score (nSPS) is 31.8. The lowest BCUT2D eigenvalue weighted by molar-refractivity contribution is 0.205. The maximum absolute atomic E-state index is 11.9. The molecule has 0 radical (unpaired) electrons. The largest absolute Gasteiger partial charge is 0.611 e. The van der Waals surface area contributed by atoms with Gasteiger partial charge in [0.25, 0.3) is 0 Å². The zero-order valence-corrected chi connectivity index (χ0v) is 10.5. The first-order valence-corrected chi connectivity index (χ1v) is 7.11. The van der Waals surface area contributed by atoms with Crippen molar-refractivity contribution in [1.82, 2.24) is 0 Å². The van der Waals surface area contributed by atoms with Crippen molar-refractivity contribution in [3.63, 3.8) is 0 Å². The van der Waals surface area contributed by atoms with E-state index in [0.717, 1.165) is 28.8 Å². The summed E-state index contributed by atoms with van der Waals surface area (Å²) < 4.78 is 22.8. The number of hydrogen-bond donors (Lipinski definition) is 0. The Morgan fingerprint density at radius 2 is 2.27 bits per heavy atom. The second-order valence-corrected chi connectivity index (χ2v) is 6.07. The molecule has 2 aliphatic heterocycles. The zero-order chi connectivity index (χ0) is 10.8. The molecule has 0 N–H and O–H groups in total. The number of ether oxygens (including phenoxy) is 2. The van der Waals surface area contributed by atoms with Crippen LogP contribution >= 0.6 is 11.8 Å². The van der Waals surface area contributed by atoms with Crippen molar-refractivity contribution in [3.05, 3.63) is 21.8 Å². The predicted octanol–water partition coefficient (Wildman–Crippen LogP) is 1.99. The van der Waals surface area contributed by atoms with Gasteiger partial charge in [-0.05, 0) is 25.0 Å². The first-order valence-electron chi connectivity index (χ1n) is 4.85. The predicted molar refractivity (Wildman–Crippen MR) is 62.7 cm³/mol. The van der Waals surface area contributed by atoms with Crippen LogP contribution in [0.15, 0.2) is 21.8 Å². The van der Waals surface area contributed by atoms with Crippen molar-refractivity contribution in [2.75, 3.05) is 19.0 Å². The summed E-state index contributed by atoms with van der Waals surface area (Å²) in [4.78, 5) is 1.09. The summed E-state index contributed by atoms with van der Waals surface area (Å²) >= 11 is 0.763. The van der Waals surface area contributed by atoms with Gasteiger partial charge in [-0.1, -0.05) is 0 Å². The highest BCUT2D eigenvalue weighted by Crippen LogP contribution is 2.34. The Hall–Kier alpha value is -0.260. The summed E-state index contributed by atoms with van der Waals surface area (Å²) in [6, 6.07) is 0. The van der Waals surface area contributed by atoms with Gasteiger partial charge in [-0.25, -0.2) is 0 Å². The summed E-state index contributed by atoms with van der Waals surface area (Å²) in [6.45, 7) is 5.01. The molecule has 2 heterocycles. The fourth-order valence-corrected chi connectivity index (χ4v) is 4.10. The SMILES string of the molecule is CC1=C[S+]([O-])C(C2=C(C)OCCS2)CO1. The van der Waals surface area contributed by atoms with Gasteiger partial charge in [0.15, 0.2) is 10.7 Å². The first kappa shape index (κ1) is 11.2. The molecule has 15 heavy (non-hydrogen) atoms. The summed E-state index contributed by atoms with van der Waals surface area (Å²) in [5.41, 5.74) is 0. The van der Waals surface area contributed by atoms with Gasteiger partial charge in [-0.15, -0.1) is 11.8 Å². The van der Waals surface area contributed by atoms with E-state index in [9.17, 15) is 4.55 Å². The van der Waals surface area contributed by atoms with Crippen molar-refractivity contribution in [1.29, 1.82) is 0 Å². The van der Waals surface area contributed by atoms with Crippen molar-refractivity contribution in [2.24, 2.45) is 0 Å². The first-order chi connectivity index (χ1) is 7.18. The lowest BCUT2D eigenvalue weighted by atomic mass is 10.3. The summed E-state index contributed by atoms with van der Waals surface area (Å²) in [7, 11) is 0. The van der Waals surface area contributed by atoms with E-state index in [1.165, 1.54) is 0 Å². The Labute approximate surface area is 97.1 Å². The van der Waals surface area contributed by atoms with Crippen LogP contribution in [-0.4, -0.2) is 28.8 Å². The number of allylic oxidation sites excluding steroid dienone is 2. The standard InChI is InChI=1S/C10H14O3S2/c1-7-6-15(11)9(5-13-7)10-8(2)12-3-4-14-10/h6,9H,3-5H2,1-2H3. The van der Waals surface area contributed by atoms with Crippen LogP contribution in [0.2, 0.25) is 0 Å². The molecule has 0 aromatic carbocycles. The molecule has 0 saturated heterocycles. The minimum Gasteiger partial charge on any atom is -0.611 e. The molecule has 0 spiro atoms. The van der Waals surface area contributed by atoms with Crippen LogP contribution in [0.25, 0.3) is 0 Å². The highest BCUT2D eigenvalue weighted by atomic mass is 32.2. The monoisotopic (exact) mass is 246 g/mol. The molecule has 0 aromatic rings. The van der Waals surface area contributed by atoms with E-state index in [2.05, 4.69) is 0 Å². The van der Waals surface area contributed by atoms with E-state index in [1.807, 2.05) is 13.8 Å². The molecule has 5 heteroatoms. The summed E-state index contributed by atoms with van der Waals surface area (Å²) in [5.74, 6) is 2.59. The maximum Gasteiger partial charge on any atom is 0.188 e. The third kappa shape index (κ3) is 2.46. The van der Waals surface area contributed by atoms with E-state index >= 15 is 0 Å². The van der Waals surface area contributed by atoms with Gasteiger partial charge in [0.2, 0.25) is 0 Å². The molecule has 2 atom stereocenters. The average molecular weight is 246 g/mol. The van der Waals surface area contributed by atoms with Crippen LogP contribution in [0.5, 0.6) is 0 Å². The molecular formula is C10H14O3S2. The highest BCUT2D eigenvalue weighted by molar-refractivity contribution is 8.05. The highest BCUT2D eigenvalue weighted by Gasteiger charge is 2.34. The Kier molecular flexibility index (Phi) is 3.53. The van der Waals surface area contributed by atoms with Gasteiger partial charge in [-0.3, -0.25) is 0 Å². The molecule has 0 aromatic heterocycles. The van der Waals surface area contributed by atoms with Gasteiger partial charge in [-0.2, -0.15) is 0 Å². The van der Waals surface area contributed by atoms with E-state index in [-0.39, 0.29) is 5.25 Å². The molecule has 2 unspecified atom stereocenters. The van der Waals surface area contributed by atoms with Crippen molar-refractivity contribution in [3.8, 4) is 0 Å². The molecule has 2 aliphatic rings. The molecule has 3 nitrogen and oxygen atoms in total. The Bertz CT molecular complexity index is 312. The molecule has 0 amide bonds. The second kappa shape index (κ2) is 4.72. The summed E-state index contributed by atoms with van der Waals surface area (Å²) in [6.07, 6.45) is 0. The number of thioether (sulfide) groups is 1. The molecule has 0 bridgehead atoms. The fourth-order valence-electron chi connectivity index (χ4n) is 1.57. The third-order valence-electron chi connectivity index (χ3n) is 2.32. The van der Waals surface area contributed by atoms with Crippen LogP contribution in [-0.2, 0) is 20.6 Å². The van der Waals surface area contributed by atoms with E-state index < -0.39 is 11.2 Å². The van der Waals surface area contributed by atoms with Crippen LogP contribution < -0.4 is 0 Å². The second-order valence-electron chi connectivity index (χ2n) is 3.47. The van der Waals surface area contributed by atoms with Crippen LogP contribution in [0.3, 0.4) is 0 Å². The van der Waals surface area contributed by atoms with Crippen LogP contribution in [0, 0.1) is 0 Å². The minimum absolute atomic E-state index is 0.0426. The van der Waals surface area contributed by atoms with Crippen molar-refractivity contribution in [2.45, 2.75) is 19.1 Å². The van der Waals surface area contributed by atoms with Gasteiger partial charge < -0.3 is 14.0 Å². The molecule has 0 aliphatic carbocycles. The third-order valence-corrected chi connectivity index (χ3v) is 5.22. The molecule has 84 valence electrons. The smallest absolute Gasteiger partial charge is 0.188 e. The molecule has 0 fully saturated rings. The Morgan fingerprint density at radius 1 is 1.47 bits per heavy atom. The number of rotatable bonds is 1. The van der Waals surface area contributed by atoms with E-state index in [0.29, 0.717) is 6.61 Å². The quantitative estimate of drug-likeness (QED) is 0.664. The van der Waals surface area contributed by atoms with E-state index in [4.69, 9.17) is 9.47 Å². The van der Waals surface area contributed by atoms with E-state index in [1.54, 1.807) is 17.2 Å². The van der Waals surface area contributed by atoms with Gasteiger partial charge in [0.1, 0.15) is 18.1 Å². The van der Waals surface area contributed by atoms with Gasteiger partial charge in [0, 0.05) is 5.75 Å². The topological polar surface area (TPSA) is 41.5 Å². The lowest BCUT2D eigenvalue weighted by Crippen LogP contribution is -2.31. The molecule has 0 saturated carbocycles. The summed E-state index contributed by atoms with van der Waals surface area (Å²) in [5, 5.41) is 1.64. The molecular weight excluding hydrogens is 232 g/mol. The molecule has 2 rings (SSSR count). The van der Waals surface area contributed by atoms with Crippen molar-refractivity contribution >= 4 is 22.9 Å². The lowest BCUT2D eigenvalue weighted by Gasteiger charge is -2.28. The fraction of sp³-hybridized carbons (Fsp3) is 0.600. The average Bonchev–Trinajstić information content (AvgIpc) is 2.20. The Balaban J connectivity index is 2.17. The van der Waals surface area contributed by atoms with Crippen LogP contribution in [0.1, 0.15) is 13.8 Å². The van der Waals surface area contributed by atoms with Gasteiger partial charge in [0.05, 0.1) is 11.5 Å².